The number of nitrogens with zero attached hydrogens (tertiary/aromatic N) is 2. The zero-order valence-electron chi connectivity index (χ0n) is 19.9. The van der Waals surface area contributed by atoms with Gasteiger partial charge in [-0.2, -0.15) is 0 Å². The number of alkyl halides is 1. The lowest BCUT2D eigenvalue weighted by Gasteiger charge is -2.47. The summed E-state index contributed by atoms with van der Waals surface area (Å²) in [7, 11) is 0. The van der Waals surface area contributed by atoms with Gasteiger partial charge in [-0.1, -0.05) is 39.3 Å². The second kappa shape index (κ2) is 11.1. The number of aliphatic hydroxyl groups is 1. The van der Waals surface area contributed by atoms with Crippen LogP contribution in [-0.4, -0.2) is 78.7 Å². The van der Waals surface area contributed by atoms with Crippen LogP contribution in [0, 0.1) is 23.2 Å². The van der Waals surface area contributed by atoms with Crippen LogP contribution in [0.1, 0.15) is 59.8 Å². The van der Waals surface area contributed by atoms with E-state index in [0.717, 1.165) is 57.4 Å². The zero-order valence-corrected chi connectivity index (χ0v) is 20.6. The molecular weight excluding hydrogens is 394 g/mol. The largest absolute Gasteiger partial charge is 0.395 e. The molecule has 0 saturated carbocycles. The minimum Gasteiger partial charge on any atom is -0.395 e. The molecule has 2 heterocycles. The van der Waals surface area contributed by atoms with Gasteiger partial charge >= 0.3 is 0 Å². The number of hydrogen-bond donors (Lipinski definition) is 2. The number of hydrogen-bond acceptors (Lipinski definition) is 4. The molecule has 2 fully saturated rings. The molecule has 2 unspecified atom stereocenters. The van der Waals surface area contributed by atoms with E-state index in [1.54, 1.807) is 5.57 Å². The fourth-order valence-corrected chi connectivity index (χ4v) is 6.18. The Morgan fingerprint density at radius 1 is 1.20 bits per heavy atom. The second-order valence-corrected chi connectivity index (χ2v) is 11.8. The molecule has 5 heteroatoms. The minimum atomic E-state index is 0.282. The molecule has 3 aliphatic rings. The van der Waals surface area contributed by atoms with Crippen molar-refractivity contribution < 1.29 is 5.11 Å². The highest BCUT2D eigenvalue weighted by Crippen LogP contribution is 2.43. The molecular formula is C25H46ClN3O. The summed E-state index contributed by atoms with van der Waals surface area (Å²) in [6, 6.07) is 0.551. The van der Waals surface area contributed by atoms with Crippen LogP contribution in [0.5, 0.6) is 0 Å². The summed E-state index contributed by atoms with van der Waals surface area (Å²) in [4.78, 5) is 5.12. The number of β-amino-alcohol motifs (C(OH)–C–C–N with tert-alkyl or cyclic N) is 1. The third-order valence-electron chi connectivity index (χ3n) is 7.85. The van der Waals surface area contributed by atoms with Gasteiger partial charge in [-0.3, -0.25) is 0 Å². The number of allylic oxidation sites excluding steroid dienone is 2. The Morgan fingerprint density at radius 3 is 2.60 bits per heavy atom. The van der Waals surface area contributed by atoms with Crippen LogP contribution in [-0.2, 0) is 0 Å². The van der Waals surface area contributed by atoms with E-state index in [2.05, 4.69) is 48.9 Å². The molecule has 174 valence electrons. The second-order valence-electron chi connectivity index (χ2n) is 11.2. The van der Waals surface area contributed by atoms with E-state index in [-0.39, 0.29) is 6.61 Å². The summed E-state index contributed by atoms with van der Waals surface area (Å²) in [6.45, 7) is 17.7. The first-order valence-electron chi connectivity index (χ1n) is 12.4. The maximum atomic E-state index is 9.17. The van der Waals surface area contributed by atoms with Crippen molar-refractivity contribution in [3.8, 4) is 0 Å². The van der Waals surface area contributed by atoms with Crippen LogP contribution in [0.15, 0.2) is 11.6 Å². The van der Waals surface area contributed by atoms with Crippen LogP contribution in [0.2, 0.25) is 0 Å². The quantitative estimate of drug-likeness (QED) is 0.421. The lowest BCUT2D eigenvalue weighted by atomic mass is 9.68. The average molecular weight is 440 g/mol. The van der Waals surface area contributed by atoms with Crippen LogP contribution in [0.4, 0.5) is 0 Å². The summed E-state index contributed by atoms with van der Waals surface area (Å²) in [5, 5.41) is 13.4. The van der Waals surface area contributed by atoms with Gasteiger partial charge in [-0.25, -0.2) is 0 Å². The van der Waals surface area contributed by atoms with Gasteiger partial charge in [0.25, 0.3) is 0 Å². The van der Waals surface area contributed by atoms with Crippen molar-refractivity contribution in [2.75, 3.05) is 52.4 Å². The Bertz CT molecular complexity index is 565. The van der Waals surface area contributed by atoms with Gasteiger partial charge in [-0.05, 0) is 74.9 Å². The summed E-state index contributed by atoms with van der Waals surface area (Å²) in [5.74, 6) is 2.09. The van der Waals surface area contributed by atoms with Gasteiger partial charge in [0.15, 0.2) is 0 Å². The maximum Gasteiger partial charge on any atom is 0.0558 e. The van der Waals surface area contributed by atoms with E-state index < -0.39 is 0 Å². The third-order valence-corrected chi connectivity index (χ3v) is 8.25. The normalized spacial score (nSPS) is 31.8. The van der Waals surface area contributed by atoms with Crippen LogP contribution in [0.25, 0.3) is 0 Å². The fraction of sp³-hybridized carbons (Fsp3) is 0.920. The van der Waals surface area contributed by atoms with E-state index >= 15 is 0 Å². The molecule has 2 saturated heterocycles. The molecule has 4 atom stereocenters. The molecule has 0 bridgehead atoms. The maximum absolute atomic E-state index is 9.17. The summed E-state index contributed by atoms with van der Waals surface area (Å²) in [5.41, 5.74) is 2.02. The standard InChI is InChI=1S/C25H46ClN3O/c1-19(2)24(27-15-20-9-11-28(16-20)13-14-30)17-29-12-10-23(25(3,4)18-29)21-5-7-22(26)8-6-21/h5,19-20,22-24,27,30H,6-18H2,1-4H3/t20-,22?,23?,24-/m0/s1. The number of halogens is 1. The van der Waals surface area contributed by atoms with Crippen molar-refractivity contribution in [3.63, 3.8) is 0 Å². The monoisotopic (exact) mass is 439 g/mol. The van der Waals surface area contributed by atoms with E-state index in [9.17, 15) is 0 Å². The number of rotatable bonds is 9. The molecule has 0 spiro atoms. The van der Waals surface area contributed by atoms with E-state index in [1.165, 1.54) is 32.4 Å². The Balaban J connectivity index is 1.49. The number of piperidine rings is 1. The predicted octanol–water partition coefficient (Wildman–Crippen LogP) is 3.98. The van der Waals surface area contributed by atoms with Crippen molar-refractivity contribution >= 4 is 11.6 Å². The first-order valence-corrected chi connectivity index (χ1v) is 12.8. The molecule has 0 amide bonds. The number of aliphatic hydroxyl groups excluding tert-OH is 1. The minimum absolute atomic E-state index is 0.282. The zero-order chi connectivity index (χ0) is 21.7. The Hall–Kier alpha value is -0.130. The molecule has 0 radical (unpaired) electrons. The topological polar surface area (TPSA) is 38.7 Å². The highest BCUT2D eigenvalue weighted by molar-refractivity contribution is 6.20. The molecule has 4 nitrogen and oxygen atoms in total. The van der Waals surface area contributed by atoms with E-state index in [4.69, 9.17) is 16.7 Å². The fourth-order valence-electron chi connectivity index (χ4n) is 5.98. The first kappa shape index (κ1) is 24.5. The third kappa shape index (κ3) is 6.68. The van der Waals surface area contributed by atoms with Gasteiger partial charge in [0, 0.05) is 37.6 Å². The number of likely N-dealkylation sites (tertiary alicyclic amines) is 2. The van der Waals surface area contributed by atoms with Gasteiger partial charge in [0.1, 0.15) is 0 Å². The molecule has 1 aliphatic carbocycles. The Kier molecular flexibility index (Phi) is 9.10. The smallest absolute Gasteiger partial charge is 0.0558 e. The average Bonchev–Trinajstić information content (AvgIpc) is 3.13. The molecule has 2 aliphatic heterocycles. The van der Waals surface area contributed by atoms with Gasteiger partial charge in [0.2, 0.25) is 0 Å². The van der Waals surface area contributed by atoms with E-state index in [1.807, 2.05) is 0 Å². The number of nitrogens with one attached hydrogen (secondary N) is 1. The molecule has 0 aromatic heterocycles. The van der Waals surface area contributed by atoms with Crippen molar-refractivity contribution in [1.29, 1.82) is 0 Å². The first-order chi connectivity index (χ1) is 14.3. The van der Waals surface area contributed by atoms with Crippen LogP contribution in [0.3, 0.4) is 0 Å². The van der Waals surface area contributed by atoms with Gasteiger partial charge in [0.05, 0.1) is 6.61 Å². The van der Waals surface area contributed by atoms with Gasteiger partial charge in [-0.15, -0.1) is 11.6 Å². The molecule has 30 heavy (non-hydrogen) atoms. The summed E-state index contributed by atoms with van der Waals surface area (Å²) < 4.78 is 0. The van der Waals surface area contributed by atoms with E-state index in [0.29, 0.717) is 22.8 Å². The predicted molar refractivity (Wildman–Crippen MR) is 128 cm³/mol. The lowest BCUT2D eigenvalue weighted by Crippen LogP contribution is -2.52. The van der Waals surface area contributed by atoms with Crippen molar-refractivity contribution in [2.45, 2.75) is 71.2 Å². The highest BCUT2D eigenvalue weighted by atomic mass is 35.5. The molecule has 0 aromatic carbocycles. The van der Waals surface area contributed by atoms with Crippen molar-refractivity contribution in [1.82, 2.24) is 15.1 Å². The van der Waals surface area contributed by atoms with Gasteiger partial charge < -0.3 is 20.2 Å². The summed E-state index contributed by atoms with van der Waals surface area (Å²) >= 11 is 6.33. The van der Waals surface area contributed by atoms with Crippen molar-refractivity contribution in [2.24, 2.45) is 23.2 Å². The molecule has 3 rings (SSSR count). The molecule has 0 aromatic rings. The SMILES string of the molecule is CC(C)[C@H](CN1CCC(C2=CCC(Cl)CC2)C(C)(C)C1)NC[C@@H]1CCN(CCO)C1. The van der Waals surface area contributed by atoms with Crippen molar-refractivity contribution in [3.05, 3.63) is 11.6 Å². The lowest BCUT2D eigenvalue weighted by molar-refractivity contribution is 0.0594. The highest BCUT2D eigenvalue weighted by Gasteiger charge is 2.39. The molecule has 2 N–H and O–H groups in total. The Labute approximate surface area is 190 Å². The van der Waals surface area contributed by atoms with Crippen LogP contribution < -0.4 is 5.32 Å². The summed E-state index contributed by atoms with van der Waals surface area (Å²) in [6.07, 6.45) is 8.42. The van der Waals surface area contributed by atoms with Crippen LogP contribution >= 0.6 is 11.6 Å². The Morgan fingerprint density at radius 2 is 1.97 bits per heavy atom.